The van der Waals surface area contributed by atoms with Gasteiger partial charge in [-0.25, -0.2) is 0 Å². The van der Waals surface area contributed by atoms with E-state index in [4.69, 9.17) is 0 Å². The van der Waals surface area contributed by atoms with Crippen molar-refractivity contribution in [3.8, 4) is 0 Å². The second kappa shape index (κ2) is 7.29. The van der Waals surface area contributed by atoms with Crippen molar-refractivity contribution < 1.29 is 4.79 Å². The molecule has 0 saturated heterocycles. The first-order valence-corrected chi connectivity index (χ1v) is 7.73. The molecule has 0 aliphatic heterocycles. The summed E-state index contributed by atoms with van der Waals surface area (Å²) >= 11 is 1.73. The molecule has 0 bridgehead atoms. The van der Waals surface area contributed by atoms with Crippen molar-refractivity contribution in [1.82, 2.24) is 5.32 Å². The Bertz CT molecular complexity index is 610. The first-order chi connectivity index (χ1) is 10.1. The molecule has 0 radical (unpaired) electrons. The largest absolute Gasteiger partial charge is 0.326 e. The maximum Gasteiger partial charge on any atom is 0.221 e. The zero-order valence-corrected chi connectivity index (χ0v) is 13.3. The molecule has 0 aliphatic rings. The van der Waals surface area contributed by atoms with Gasteiger partial charge in [-0.15, -0.1) is 0 Å². The van der Waals surface area contributed by atoms with Crippen LogP contribution >= 0.6 is 11.8 Å². The van der Waals surface area contributed by atoms with E-state index in [-0.39, 0.29) is 5.91 Å². The zero-order valence-electron chi connectivity index (χ0n) is 12.5. The Kier molecular flexibility index (Phi) is 5.42. The highest BCUT2D eigenvalue weighted by molar-refractivity contribution is 7.99. The molecule has 1 atom stereocenters. The van der Waals surface area contributed by atoms with Gasteiger partial charge in [0.15, 0.2) is 0 Å². The zero-order chi connectivity index (χ0) is 15.2. The Balaban J connectivity index is 2.16. The number of nitrogens with one attached hydrogen (secondary N) is 2. The van der Waals surface area contributed by atoms with Crippen LogP contribution in [0.2, 0.25) is 0 Å². The third-order valence-electron chi connectivity index (χ3n) is 3.22. The number of rotatable bonds is 5. The topological polar surface area (TPSA) is 41.1 Å². The highest BCUT2D eigenvalue weighted by Gasteiger charge is 2.09. The normalized spacial score (nSPS) is 12.0. The second-order valence-corrected chi connectivity index (χ2v) is 5.97. The summed E-state index contributed by atoms with van der Waals surface area (Å²) in [6.45, 7) is 3.66. The van der Waals surface area contributed by atoms with E-state index in [1.807, 2.05) is 31.3 Å². The first kappa shape index (κ1) is 15.6. The van der Waals surface area contributed by atoms with Gasteiger partial charge < -0.3 is 10.6 Å². The number of anilines is 1. The Morgan fingerprint density at radius 3 is 2.38 bits per heavy atom. The summed E-state index contributed by atoms with van der Waals surface area (Å²) in [5, 5.41) is 6.05. The summed E-state index contributed by atoms with van der Waals surface area (Å²) in [7, 11) is 1.97. The molecule has 0 aromatic heterocycles. The molecular formula is C17H20N2OS. The molecule has 0 saturated carbocycles. The van der Waals surface area contributed by atoms with Crippen molar-refractivity contribution >= 4 is 23.4 Å². The van der Waals surface area contributed by atoms with Gasteiger partial charge in [-0.05, 0) is 49.9 Å². The van der Waals surface area contributed by atoms with Crippen molar-refractivity contribution in [3.63, 3.8) is 0 Å². The van der Waals surface area contributed by atoms with Crippen molar-refractivity contribution in [1.29, 1.82) is 0 Å². The third-order valence-corrected chi connectivity index (χ3v) is 4.32. The van der Waals surface area contributed by atoms with E-state index in [1.54, 1.807) is 11.8 Å². The van der Waals surface area contributed by atoms with Crippen LogP contribution in [0.4, 0.5) is 5.69 Å². The molecule has 0 heterocycles. The molecule has 1 unspecified atom stereocenters. The van der Waals surface area contributed by atoms with Gasteiger partial charge >= 0.3 is 0 Å². The smallest absolute Gasteiger partial charge is 0.221 e. The van der Waals surface area contributed by atoms with Crippen LogP contribution < -0.4 is 10.6 Å². The molecule has 4 heteroatoms. The highest BCUT2D eigenvalue weighted by Crippen LogP contribution is 2.33. The Morgan fingerprint density at radius 1 is 1.10 bits per heavy atom. The van der Waals surface area contributed by atoms with Crippen molar-refractivity contribution in [2.75, 3.05) is 12.4 Å². The van der Waals surface area contributed by atoms with Gasteiger partial charge in [0.05, 0.1) is 0 Å². The fraction of sp³-hybridized carbons (Fsp3) is 0.235. The van der Waals surface area contributed by atoms with Gasteiger partial charge in [-0.1, -0.05) is 30.0 Å². The summed E-state index contributed by atoms with van der Waals surface area (Å²) < 4.78 is 0. The quantitative estimate of drug-likeness (QED) is 0.874. The van der Waals surface area contributed by atoms with Crippen LogP contribution in [0.1, 0.15) is 25.5 Å². The Labute approximate surface area is 130 Å². The monoisotopic (exact) mass is 300 g/mol. The van der Waals surface area contributed by atoms with Crippen LogP contribution in [0.3, 0.4) is 0 Å². The molecule has 110 valence electrons. The van der Waals surface area contributed by atoms with E-state index >= 15 is 0 Å². The lowest BCUT2D eigenvalue weighted by atomic mass is 10.1. The van der Waals surface area contributed by atoms with E-state index in [1.165, 1.54) is 17.4 Å². The minimum absolute atomic E-state index is 0.0522. The number of carbonyl (C=O) groups is 1. The van der Waals surface area contributed by atoms with Gasteiger partial charge in [-0.2, -0.15) is 0 Å². The predicted molar refractivity (Wildman–Crippen MR) is 88.8 cm³/mol. The van der Waals surface area contributed by atoms with E-state index in [0.717, 1.165) is 10.6 Å². The minimum atomic E-state index is -0.0522. The van der Waals surface area contributed by atoms with Crippen LogP contribution in [0.5, 0.6) is 0 Å². The Morgan fingerprint density at radius 2 is 1.76 bits per heavy atom. The van der Waals surface area contributed by atoms with Crippen LogP contribution in [-0.4, -0.2) is 13.0 Å². The van der Waals surface area contributed by atoms with E-state index in [2.05, 4.69) is 41.8 Å². The fourth-order valence-electron chi connectivity index (χ4n) is 2.02. The summed E-state index contributed by atoms with van der Waals surface area (Å²) in [5.74, 6) is -0.0522. The van der Waals surface area contributed by atoms with Gasteiger partial charge in [0.25, 0.3) is 0 Å². The molecule has 2 N–H and O–H groups in total. The van der Waals surface area contributed by atoms with Gasteiger partial charge in [0.2, 0.25) is 5.91 Å². The molecule has 0 fully saturated rings. The molecular weight excluding hydrogens is 280 g/mol. The summed E-state index contributed by atoms with van der Waals surface area (Å²) in [4.78, 5) is 13.4. The van der Waals surface area contributed by atoms with E-state index in [0.29, 0.717) is 6.04 Å². The minimum Gasteiger partial charge on any atom is -0.326 e. The number of amides is 1. The molecule has 0 spiro atoms. The SMILES string of the molecule is CNC(C)c1ccccc1Sc1ccc(NC(C)=O)cc1. The number of hydrogen-bond acceptors (Lipinski definition) is 3. The summed E-state index contributed by atoms with van der Waals surface area (Å²) in [6.07, 6.45) is 0. The maximum atomic E-state index is 11.0. The van der Waals surface area contributed by atoms with Gasteiger partial charge in [0, 0.05) is 28.4 Å². The average molecular weight is 300 g/mol. The molecule has 2 aromatic carbocycles. The standard InChI is InChI=1S/C17H20N2OS/c1-12(18-3)16-6-4-5-7-17(16)21-15-10-8-14(9-11-15)19-13(2)20/h4-12,18H,1-3H3,(H,19,20). The maximum absolute atomic E-state index is 11.0. The molecule has 0 aliphatic carbocycles. The molecule has 2 aromatic rings. The predicted octanol–water partition coefficient (Wildman–Crippen LogP) is 4.08. The van der Waals surface area contributed by atoms with Crippen molar-refractivity contribution in [2.45, 2.75) is 29.7 Å². The average Bonchev–Trinajstić information content (AvgIpc) is 2.48. The number of carbonyl (C=O) groups excluding carboxylic acids is 1. The lowest BCUT2D eigenvalue weighted by molar-refractivity contribution is -0.114. The van der Waals surface area contributed by atoms with Crippen LogP contribution in [0.25, 0.3) is 0 Å². The van der Waals surface area contributed by atoms with Crippen LogP contribution in [0.15, 0.2) is 58.3 Å². The number of hydrogen-bond donors (Lipinski definition) is 2. The lowest BCUT2D eigenvalue weighted by Gasteiger charge is -2.15. The van der Waals surface area contributed by atoms with Crippen LogP contribution in [-0.2, 0) is 4.79 Å². The molecule has 2 rings (SSSR count). The van der Waals surface area contributed by atoms with Crippen molar-refractivity contribution in [2.24, 2.45) is 0 Å². The molecule has 3 nitrogen and oxygen atoms in total. The highest BCUT2D eigenvalue weighted by atomic mass is 32.2. The third kappa shape index (κ3) is 4.34. The molecule has 1 amide bonds. The van der Waals surface area contributed by atoms with Crippen LogP contribution in [0, 0.1) is 0 Å². The van der Waals surface area contributed by atoms with E-state index in [9.17, 15) is 4.79 Å². The van der Waals surface area contributed by atoms with E-state index < -0.39 is 0 Å². The summed E-state index contributed by atoms with van der Waals surface area (Å²) in [6, 6.07) is 16.6. The second-order valence-electron chi connectivity index (χ2n) is 4.86. The number of benzene rings is 2. The first-order valence-electron chi connectivity index (χ1n) is 6.92. The van der Waals surface area contributed by atoms with Gasteiger partial charge in [-0.3, -0.25) is 4.79 Å². The molecule has 21 heavy (non-hydrogen) atoms. The van der Waals surface area contributed by atoms with Crippen molar-refractivity contribution in [3.05, 3.63) is 54.1 Å². The summed E-state index contributed by atoms with van der Waals surface area (Å²) in [5.41, 5.74) is 2.11. The Hall–Kier alpha value is -1.78. The fourth-order valence-corrected chi connectivity index (χ4v) is 3.06. The lowest BCUT2D eigenvalue weighted by Crippen LogP contribution is -2.12. The van der Waals surface area contributed by atoms with Gasteiger partial charge in [0.1, 0.15) is 0 Å².